The van der Waals surface area contributed by atoms with Gasteiger partial charge in [-0.25, -0.2) is 20.0 Å². The maximum absolute atomic E-state index is 13.0. The zero-order valence-corrected chi connectivity index (χ0v) is 20.9. The van der Waals surface area contributed by atoms with E-state index in [-0.39, 0.29) is 5.82 Å². The number of amides is 2. The maximum atomic E-state index is 13.0. The van der Waals surface area contributed by atoms with E-state index in [1.165, 1.54) is 0 Å². The summed E-state index contributed by atoms with van der Waals surface area (Å²) >= 11 is 34.0. The van der Waals surface area contributed by atoms with Crippen molar-refractivity contribution in [2.75, 3.05) is 18.2 Å². The molecule has 0 fully saturated rings. The van der Waals surface area contributed by atoms with Gasteiger partial charge >= 0.3 is 12.2 Å². The Morgan fingerprint density at radius 3 is 2.15 bits per heavy atom. The molecule has 1 aromatic carbocycles. The van der Waals surface area contributed by atoms with Crippen LogP contribution in [0.3, 0.4) is 0 Å². The van der Waals surface area contributed by atoms with Crippen LogP contribution < -0.4 is 10.4 Å². The number of halogens is 6. The van der Waals surface area contributed by atoms with Crippen molar-refractivity contribution in [3.63, 3.8) is 0 Å². The number of aromatic nitrogens is 2. The van der Waals surface area contributed by atoms with E-state index in [2.05, 4.69) is 10.4 Å². The Labute approximate surface area is 218 Å². The Morgan fingerprint density at radius 2 is 1.52 bits per heavy atom. The van der Waals surface area contributed by atoms with Crippen LogP contribution in [0.5, 0.6) is 0 Å². The van der Waals surface area contributed by atoms with Gasteiger partial charge in [-0.2, -0.15) is 5.01 Å². The first-order valence-electron chi connectivity index (χ1n) is 9.01. The number of pyridine rings is 1. The summed E-state index contributed by atoms with van der Waals surface area (Å²) in [6.07, 6.45) is -0.569. The number of carbonyl (C=O) groups excluding carboxylic acids is 2. The Bertz CT molecular complexity index is 1130. The number of benzene rings is 1. The maximum Gasteiger partial charge on any atom is 0.435 e. The molecule has 0 atom stereocenters. The van der Waals surface area contributed by atoms with Crippen LogP contribution in [0, 0.1) is 0 Å². The molecular formula is C19H14Cl6N4O4. The number of fused-ring (bicyclic) bond motifs is 1. The fraction of sp³-hybridized carbons (Fsp3) is 0.211. The minimum Gasteiger partial charge on any atom is -0.444 e. The van der Waals surface area contributed by atoms with Crippen LogP contribution in [0.4, 0.5) is 15.4 Å². The van der Waals surface area contributed by atoms with Crippen molar-refractivity contribution < 1.29 is 19.1 Å². The summed E-state index contributed by atoms with van der Waals surface area (Å²) in [7, 11) is 0. The van der Waals surface area contributed by atoms with Gasteiger partial charge in [0.2, 0.25) is 7.59 Å². The highest BCUT2D eigenvalue weighted by Crippen LogP contribution is 2.32. The molecule has 0 unspecified atom stereocenters. The first-order chi connectivity index (χ1) is 15.4. The van der Waals surface area contributed by atoms with Crippen molar-refractivity contribution in [1.29, 1.82) is 0 Å². The van der Waals surface area contributed by atoms with Crippen LogP contribution in [0.15, 0.2) is 54.7 Å². The normalized spacial score (nSPS) is 11.8. The van der Waals surface area contributed by atoms with E-state index in [4.69, 9.17) is 79.1 Å². The van der Waals surface area contributed by atoms with Gasteiger partial charge in [0.1, 0.15) is 24.6 Å². The molecule has 3 rings (SSSR count). The van der Waals surface area contributed by atoms with Gasteiger partial charge in [-0.05, 0) is 12.1 Å². The van der Waals surface area contributed by atoms with E-state index < -0.39 is 33.0 Å². The molecule has 2 amide bonds. The van der Waals surface area contributed by atoms with Crippen LogP contribution in [-0.4, -0.2) is 42.4 Å². The fourth-order valence-corrected chi connectivity index (χ4v) is 2.98. The SMILES string of the molecule is O=C(NN(C(=O)OCC(Cl)(Cl)Cl)c1c(-c2ccccc2)nc2ccccn12)OCC(Cl)(Cl)Cl. The van der Waals surface area contributed by atoms with Crippen LogP contribution >= 0.6 is 69.6 Å². The molecule has 8 nitrogen and oxygen atoms in total. The number of imidazole rings is 1. The molecule has 2 aromatic heterocycles. The van der Waals surface area contributed by atoms with E-state index in [1.54, 1.807) is 53.1 Å². The third-order valence-corrected chi connectivity index (χ3v) is 4.53. The third-order valence-electron chi connectivity index (χ3n) is 3.88. The number of nitrogens with one attached hydrogen (secondary N) is 1. The van der Waals surface area contributed by atoms with Crippen molar-refractivity contribution in [2.45, 2.75) is 7.59 Å². The number of carbonyl (C=O) groups is 2. The topological polar surface area (TPSA) is 85.2 Å². The standard InChI is InChI=1S/C19H14Cl6N4O4/c20-18(21,22)10-32-16(30)27-29(17(31)33-11-19(23,24)25)15-14(12-6-2-1-3-7-12)26-13-8-4-5-9-28(13)15/h1-9H,10-11H2,(H,27,30). The second-order valence-electron chi connectivity index (χ2n) is 6.39. The molecule has 1 N–H and O–H groups in total. The Morgan fingerprint density at radius 1 is 0.909 bits per heavy atom. The van der Waals surface area contributed by atoms with Crippen LogP contribution in [0.25, 0.3) is 16.9 Å². The molecule has 0 aliphatic rings. The largest absolute Gasteiger partial charge is 0.444 e. The van der Waals surface area contributed by atoms with Crippen molar-refractivity contribution >= 4 is 93.3 Å². The Balaban J connectivity index is 2.05. The number of rotatable bonds is 4. The van der Waals surface area contributed by atoms with Crippen LogP contribution in [-0.2, 0) is 9.47 Å². The lowest BCUT2D eigenvalue weighted by molar-refractivity contribution is 0.135. The lowest BCUT2D eigenvalue weighted by Gasteiger charge is -2.24. The summed E-state index contributed by atoms with van der Waals surface area (Å²) in [5.41, 5.74) is 3.72. The summed E-state index contributed by atoms with van der Waals surface area (Å²) in [5.74, 6) is 0.122. The highest BCUT2D eigenvalue weighted by molar-refractivity contribution is 6.68. The van der Waals surface area contributed by atoms with Crippen molar-refractivity contribution in [1.82, 2.24) is 14.8 Å². The molecule has 0 spiro atoms. The molecule has 176 valence electrons. The molecule has 3 aromatic rings. The van der Waals surface area contributed by atoms with Gasteiger partial charge < -0.3 is 9.47 Å². The molecule has 0 aliphatic carbocycles. The van der Waals surface area contributed by atoms with Crippen molar-refractivity contribution in [3.05, 3.63) is 54.7 Å². The predicted octanol–water partition coefficient (Wildman–Crippen LogP) is 6.33. The summed E-state index contributed by atoms with van der Waals surface area (Å²) < 4.78 is 7.76. The number of hydrogen-bond donors (Lipinski definition) is 1. The third kappa shape index (κ3) is 7.34. The zero-order chi connectivity index (χ0) is 24.2. The highest BCUT2D eigenvalue weighted by Gasteiger charge is 2.32. The van der Waals surface area contributed by atoms with Gasteiger partial charge in [0, 0.05) is 11.8 Å². The Kier molecular flexibility index (Phi) is 8.31. The smallest absolute Gasteiger partial charge is 0.435 e. The molecule has 2 heterocycles. The van der Waals surface area contributed by atoms with Gasteiger partial charge in [-0.15, -0.1) is 0 Å². The zero-order valence-electron chi connectivity index (χ0n) is 16.4. The minimum absolute atomic E-state index is 0.122. The van der Waals surface area contributed by atoms with E-state index >= 15 is 0 Å². The van der Waals surface area contributed by atoms with Gasteiger partial charge in [-0.3, -0.25) is 4.40 Å². The minimum atomic E-state index is -1.89. The lowest BCUT2D eigenvalue weighted by atomic mass is 10.1. The average molecular weight is 575 g/mol. The number of ether oxygens (including phenoxy) is 2. The van der Waals surface area contributed by atoms with Gasteiger partial charge in [0.15, 0.2) is 5.82 Å². The van der Waals surface area contributed by atoms with E-state index in [0.29, 0.717) is 16.9 Å². The summed E-state index contributed by atoms with van der Waals surface area (Å²) in [4.78, 5) is 30.0. The average Bonchev–Trinajstić information content (AvgIpc) is 3.13. The molecule has 0 saturated heterocycles. The van der Waals surface area contributed by atoms with Crippen molar-refractivity contribution in [3.8, 4) is 11.3 Å². The monoisotopic (exact) mass is 572 g/mol. The van der Waals surface area contributed by atoms with Gasteiger partial charge in [-0.1, -0.05) is 106 Å². The quantitative estimate of drug-likeness (QED) is 0.291. The highest BCUT2D eigenvalue weighted by atomic mass is 35.6. The Hall–Kier alpha value is -1.81. The van der Waals surface area contributed by atoms with E-state index in [1.807, 2.05) is 6.07 Å². The first kappa shape index (κ1) is 25.8. The molecular weight excluding hydrogens is 561 g/mol. The van der Waals surface area contributed by atoms with Gasteiger partial charge in [0.25, 0.3) is 0 Å². The van der Waals surface area contributed by atoms with E-state index in [9.17, 15) is 9.59 Å². The molecule has 0 aliphatic heterocycles. The van der Waals surface area contributed by atoms with Crippen LogP contribution in [0.1, 0.15) is 0 Å². The molecule has 0 radical (unpaired) electrons. The van der Waals surface area contributed by atoms with E-state index in [0.717, 1.165) is 5.01 Å². The summed E-state index contributed by atoms with van der Waals surface area (Å²) in [6.45, 7) is -1.19. The van der Waals surface area contributed by atoms with Crippen LogP contribution in [0.2, 0.25) is 0 Å². The molecule has 0 bridgehead atoms. The second kappa shape index (κ2) is 10.6. The molecule has 33 heavy (non-hydrogen) atoms. The second-order valence-corrected chi connectivity index (χ2v) is 11.4. The first-order valence-corrected chi connectivity index (χ1v) is 11.3. The lowest BCUT2D eigenvalue weighted by Crippen LogP contribution is -2.48. The number of hydrazine groups is 1. The number of anilines is 1. The van der Waals surface area contributed by atoms with Crippen molar-refractivity contribution in [2.24, 2.45) is 0 Å². The molecule has 14 heteroatoms. The number of alkyl halides is 6. The summed E-state index contributed by atoms with van der Waals surface area (Å²) in [6, 6.07) is 14.1. The number of hydrogen-bond acceptors (Lipinski definition) is 5. The number of nitrogens with zero attached hydrogens (tertiary/aromatic N) is 3. The summed E-state index contributed by atoms with van der Waals surface area (Å²) in [5, 5.41) is 0.763. The van der Waals surface area contributed by atoms with Gasteiger partial charge in [0.05, 0.1) is 0 Å². The fourth-order valence-electron chi connectivity index (χ4n) is 2.65. The predicted molar refractivity (Wildman–Crippen MR) is 130 cm³/mol. The molecule has 0 saturated carbocycles.